The molecular formula is C24H22N4O4. The van der Waals surface area contributed by atoms with Crippen molar-refractivity contribution in [1.82, 2.24) is 19.6 Å². The third-order valence-electron chi connectivity index (χ3n) is 5.81. The number of carbonyl (C=O) groups is 1. The highest BCUT2D eigenvalue weighted by Crippen LogP contribution is 2.36. The average Bonchev–Trinajstić information content (AvgIpc) is 3.25. The van der Waals surface area contributed by atoms with E-state index in [2.05, 4.69) is 15.1 Å². The lowest BCUT2D eigenvalue weighted by molar-refractivity contribution is 0.0962. The number of hydrogen-bond acceptors (Lipinski definition) is 7. The lowest BCUT2D eigenvalue weighted by Gasteiger charge is -2.23. The number of Topliss-reactive ketones (excluding diaryl/α,β-unsaturated/α-hetero) is 1. The van der Waals surface area contributed by atoms with Crippen LogP contribution in [0.4, 0.5) is 0 Å². The zero-order valence-electron chi connectivity index (χ0n) is 18.0. The smallest absolute Gasteiger partial charge is 0.252 e. The first-order valence-corrected chi connectivity index (χ1v) is 10.3. The van der Waals surface area contributed by atoms with Gasteiger partial charge in [0.05, 0.1) is 32.6 Å². The SMILES string of the molecule is COc1ccc(-c2nc3nc4c(cn3n2)C(=O)C[C@@H](c2ccc(OC)c(OC)c2)C4)cc1. The average molecular weight is 430 g/mol. The summed E-state index contributed by atoms with van der Waals surface area (Å²) in [7, 11) is 4.83. The minimum absolute atomic E-state index is 0.00809. The van der Waals surface area contributed by atoms with Crippen LogP contribution in [0, 0.1) is 0 Å². The molecule has 0 saturated heterocycles. The summed E-state index contributed by atoms with van der Waals surface area (Å²) in [6.07, 6.45) is 2.78. The van der Waals surface area contributed by atoms with E-state index in [1.54, 1.807) is 32.0 Å². The van der Waals surface area contributed by atoms with E-state index < -0.39 is 0 Å². The van der Waals surface area contributed by atoms with Gasteiger partial charge < -0.3 is 14.2 Å². The maximum atomic E-state index is 13.0. The van der Waals surface area contributed by atoms with E-state index in [0.29, 0.717) is 41.5 Å². The van der Waals surface area contributed by atoms with Gasteiger partial charge in [0.1, 0.15) is 5.75 Å². The summed E-state index contributed by atoms with van der Waals surface area (Å²) in [5.74, 6) is 3.14. The Morgan fingerprint density at radius 1 is 0.906 bits per heavy atom. The Hall–Kier alpha value is -3.94. The largest absolute Gasteiger partial charge is 0.497 e. The van der Waals surface area contributed by atoms with Crippen molar-refractivity contribution in [3.05, 3.63) is 65.5 Å². The molecule has 0 fully saturated rings. The summed E-state index contributed by atoms with van der Waals surface area (Å²) in [4.78, 5) is 22.2. The highest BCUT2D eigenvalue weighted by Gasteiger charge is 2.29. The van der Waals surface area contributed by atoms with Gasteiger partial charge in [0.25, 0.3) is 5.78 Å². The summed E-state index contributed by atoms with van der Waals surface area (Å²) in [6.45, 7) is 0. The van der Waals surface area contributed by atoms with Gasteiger partial charge in [0.15, 0.2) is 23.1 Å². The van der Waals surface area contributed by atoms with Gasteiger partial charge in [-0.2, -0.15) is 4.98 Å². The molecule has 0 radical (unpaired) electrons. The minimum atomic E-state index is 0.00809. The fourth-order valence-electron chi connectivity index (χ4n) is 4.09. The number of methoxy groups -OCH3 is 3. The second kappa shape index (κ2) is 7.96. The molecule has 162 valence electrons. The molecular weight excluding hydrogens is 408 g/mol. The van der Waals surface area contributed by atoms with E-state index >= 15 is 0 Å². The standard InChI is InChI=1S/C24H22N4O4/c1-30-17-7-4-14(5-8-17)23-26-24-25-19-10-16(11-20(29)18(19)13-28(24)27-23)15-6-9-21(31-2)22(12-15)32-3/h4-9,12-13,16H,10-11H2,1-3H3/t16-/m0/s1. The van der Waals surface area contributed by atoms with Crippen LogP contribution in [-0.4, -0.2) is 46.7 Å². The first kappa shape index (κ1) is 20.0. The van der Waals surface area contributed by atoms with Crippen LogP contribution in [0.5, 0.6) is 17.2 Å². The summed E-state index contributed by atoms with van der Waals surface area (Å²) >= 11 is 0. The maximum Gasteiger partial charge on any atom is 0.252 e. The van der Waals surface area contributed by atoms with Crippen LogP contribution in [-0.2, 0) is 6.42 Å². The molecule has 1 aliphatic rings. The van der Waals surface area contributed by atoms with Gasteiger partial charge in [0, 0.05) is 18.2 Å². The van der Waals surface area contributed by atoms with Crippen LogP contribution in [0.2, 0.25) is 0 Å². The van der Waals surface area contributed by atoms with Crippen LogP contribution in [0.25, 0.3) is 17.2 Å². The van der Waals surface area contributed by atoms with Crippen LogP contribution < -0.4 is 14.2 Å². The molecule has 0 amide bonds. The molecule has 8 nitrogen and oxygen atoms in total. The molecule has 4 aromatic rings. The number of ether oxygens (including phenoxy) is 3. The van der Waals surface area contributed by atoms with E-state index in [-0.39, 0.29) is 11.7 Å². The first-order chi connectivity index (χ1) is 15.6. The van der Waals surface area contributed by atoms with Gasteiger partial charge in [-0.1, -0.05) is 6.07 Å². The van der Waals surface area contributed by atoms with Crippen molar-refractivity contribution in [2.24, 2.45) is 0 Å². The number of hydrogen-bond donors (Lipinski definition) is 0. The van der Waals surface area contributed by atoms with Gasteiger partial charge in [0.2, 0.25) is 0 Å². The van der Waals surface area contributed by atoms with Crippen molar-refractivity contribution in [3.63, 3.8) is 0 Å². The van der Waals surface area contributed by atoms with Crippen molar-refractivity contribution in [3.8, 4) is 28.6 Å². The maximum absolute atomic E-state index is 13.0. The molecule has 2 heterocycles. The fourth-order valence-corrected chi connectivity index (χ4v) is 4.09. The van der Waals surface area contributed by atoms with Crippen LogP contribution in [0.15, 0.2) is 48.7 Å². The molecule has 0 unspecified atom stereocenters. The Kier molecular flexibility index (Phi) is 4.97. The fraction of sp³-hybridized carbons (Fsp3) is 0.250. The topological polar surface area (TPSA) is 87.8 Å². The van der Waals surface area contributed by atoms with E-state index in [1.807, 2.05) is 42.5 Å². The number of aromatic nitrogens is 4. The number of benzene rings is 2. The van der Waals surface area contributed by atoms with Crippen LogP contribution in [0.1, 0.15) is 34.0 Å². The number of nitrogens with zero attached hydrogens (tertiary/aromatic N) is 4. The molecule has 0 bridgehead atoms. The Morgan fingerprint density at radius 3 is 2.41 bits per heavy atom. The molecule has 32 heavy (non-hydrogen) atoms. The zero-order valence-corrected chi connectivity index (χ0v) is 18.0. The molecule has 1 atom stereocenters. The number of carbonyl (C=O) groups excluding carboxylic acids is 1. The quantitative estimate of drug-likeness (QED) is 0.477. The van der Waals surface area contributed by atoms with Gasteiger partial charge >= 0.3 is 0 Å². The third kappa shape index (κ3) is 3.43. The van der Waals surface area contributed by atoms with Gasteiger partial charge in [-0.3, -0.25) is 4.79 Å². The van der Waals surface area contributed by atoms with Gasteiger partial charge in [-0.15, -0.1) is 5.10 Å². The summed E-state index contributed by atoms with van der Waals surface area (Å²) in [5, 5.41) is 4.52. The monoisotopic (exact) mass is 430 g/mol. The van der Waals surface area contributed by atoms with Crippen molar-refractivity contribution >= 4 is 11.6 Å². The van der Waals surface area contributed by atoms with Crippen molar-refractivity contribution in [2.45, 2.75) is 18.8 Å². The Morgan fingerprint density at radius 2 is 1.69 bits per heavy atom. The molecule has 0 spiro atoms. The molecule has 0 aliphatic heterocycles. The Labute approximate surface area is 184 Å². The Bertz CT molecular complexity index is 1310. The minimum Gasteiger partial charge on any atom is -0.497 e. The molecule has 5 rings (SSSR count). The van der Waals surface area contributed by atoms with E-state index in [9.17, 15) is 4.79 Å². The number of rotatable bonds is 5. The van der Waals surface area contributed by atoms with Crippen LogP contribution >= 0.6 is 0 Å². The highest BCUT2D eigenvalue weighted by molar-refractivity contribution is 5.98. The zero-order chi connectivity index (χ0) is 22.2. The van der Waals surface area contributed by atoms with Crippen molar-refractivity contribution in [1.29, 1.82) is 0 Å². The van der Waals surface area contributed by atoms with Crippen molar-refractivity contribution in [2.75, 3.05) is 21.3 Å². The van der Waals surface area contributed by atoms with Gasteiger partial charge in [-0.05, 0) is 54.3 Å². The van der Waals surface area contributed by atoms with Crippen LogP contribution in [0.3, 0.4) is 0 Å². The van der Waals surface area contributed by atoms with E-state index in [1.165, 1.54) is 0 Å². The van der Waals surface area contributed by atoms with E-state index in [4.69, 9.17) is 14.2 Å². The predicted octanol–water partition coefficient (Wildman–Crippen LogP) is 3.73. The summed E-state index contributed by atoms with van der Waals surface area (Å²) in [5.41, 5.74) is 3.20. The summed E-state index contributed by atoms with van der Waals surface area (Å²) in [6, 6.07) is 13.3. The first-order valence-electron chi connectivity index (χ1n) is 10.3. The number of ketones is 1. The molecule has 2 aromatic carbocycles. The van der Waals surface area contributed by atoms with E-state index in [0.717, 1.165) is 22.6 Å². The third-order valence-corrected chi connectivity index (χ3v) is 5.81. The molecule has 0 saturated carbocycles. The normalized spacial score (nSPS) is 15.5. The summed E-state index contributed by atoms with van der Waals surface area (Å²) < 4.78 is 17.5. The molecule has 2 aromatic heterocycles. The molecule has 1 aliphatic carbocycles. The molecule has 8 heteroatoms. The van der Waals surface area contributed by atoms with Crippen molar-refractivity contribution < 1.29 is 19.0 Å². The van der Waals surface area contributed by atoms with Gasteiger partial charge in [-0.25, -0.2) is 9.50 Å². The highest BCUT2D eigenvalue weighted by atomic mass is 16.5. The second-order valence-electron chi connectivity index (χ2n) is 7.65. The Balaban J connectivity index is 1.49. The second-order valence-corrected chi connectivity index (χ2v) is 7.65. The molecule has 0 N–H and O–H groups in total. The number of fused-ring (bicyclic) bond motifs is 2. The lowest BCUT2D eigenvalue weighted by atomic mass is 9.82. The predicted molar refractivity (Wildman–Crippen MR) is 118 cm³/mol. The lowest BCUT2D eigenvalue weighted by Crippen LogP contribution is -2.21.